The van der Waals surface area contributed by atoms with E-state index >= 15 is 0 Å². The maximum absolute atomic E-state index is 6.30. The maximum Gasteiger partial charge on any atom is 0.0516 e. The lowest BCUT2D eigenvalue weighted by Gasteiger charge is -2.39. The minimum atomic E-state index is 0.200. The third kappa shape index (κ3) is 3.19. The molecule has 1 aliphatic rings. The van der Waals surface area contributed by atoms with Gasteiger partial charge in [-0.1, -0.05) is 50.4 Å². The molecule has 112 valence electrons. The van der Waals surface area contributed by atoms with Crippen LogP contribution >= 0.6 is 11.6 Å². The van der Waals surface area contributed by atoms with E-state index in [2.05, 4.69) is 37.5 Å². The number of hydrazine groups is 1. The summed E-state index contributed by atoms with van der Waals surface area (Å²) < 4.78 is 0. The molecule has 0 saturated heterocycles. The van der Waals surface area contributed by atoms with Gasteiger partial charge in [0.1, 0.15) is 0 Å². The lowest BCUT2D eigenvalue weighted by Crippen LogP contribution is -2.41. The van der Waals surface area contributed by atoms with Crippen LogP contribution in [0, 0.1) is 18.3 Å². The molecule has 3 N–H and O–H groups in total. The van der Waals surface area contributed by atoms with Crippen LogP contribution in [0.3, 0.4) is 0 Å². The van der Waals surface area contributed by atoms with E-state index < -0.39 is 0 Å². The fourth-order valence-corrected chi connectivity index (χ4v) is 4.11. The first kappa shape index (κ1) is 15.8. The van der Waals surface area contributed by atoms with Crippen LogP contribution in [0.15, 0.2) is 18.2 Å². The molecule has 0 aliphatic heterocycles. The van der Waals surface area contributed by atoms with Crippen LogP contribution in [0.25, 0.3) is 0 Å². The quantitative estimate of drug-likeness (QED) is 0.607. The molecule has 2 rings (SSSR count). The van der Waals surface area contributed by atoms with E-state index in [9.17, 15) is 0 Å². The lowest BCUT2D eigenvalue weighted by molar-refractivity contribution is 0.156. The normalized spacial score (nSPS) is 19.5. The van der Waals surface area contributed by atoms with Gasteiger partial charge in [-0.3, -0.25) is 11.3 Å². The summed E-state index contributed by atoms with van der Waals surface area (Å²) in [6, 6.07) is 6.55. The summed E-state index contributed by atoms with van der Waals surface area (Å²) in [4.78, 5) is 0. The molecule has 20 heavy (non-hydrogen) atoms. The van der Waals surface area contributed by atoms with Crippen molar-refractivity contribution in [2.45, 2.75) is 58.9 Å². The highest BCUT2D eigenvalue weighted by atomic mass is 35.5. The fraction of sp³-hybridized carbons (Fsp3) is 0.647. The first-order valence-electron chi connectivity index (χ1n) is 7.71. The predicted molar refractivity (Wildman–Crippen MR) is 86.6 cm³/mol. The Morgan fingerprint density at radius 1 is 1.30 bits per heavy atom. The van der Waals surface area contributed by atoms with Crippen LogP contribution in [0.1, 0.15) is 63.1 Å². The van der Waals surface area contributed by atoms with Gasteiger partial charge in [-0.25, -0.2) is 0 Å². The first-order valence-corrected chi connectivity index (χ1v) is 8.08. The standard InChI is InChI=1S/C17H27ClN2/c1-12(2)11-17(8-4-5-9-17)16(20-19)14-7-6-13(3)15(18)10-14/h6-7,10,12,16,20H,4-5,8-9,11,19H2,1-3H3. The second-order valence-corrected chi connectivity index (χ2v) is 7.18. The van der Waals surface area contributed by atoms with Crippen LogP contribution < -0.4 is 11.3 Å². The van der Waals surface area contributed by atoms with E-state index in [1.165, 1.54) is 37.7 Å². The summed E-state index contributed by atoms with van der Waals surface area (Å²) in [6.07, 6.45) is 6.35. The summed E-state index contributed by atoms with van der Waals surface area (Å²) in [5, 5.41) is 0.834. The monoisotopic (exact) mass is 294 g/mol. The zero-order chi connectivity index (χ0) is 14.8. The molecule has 0 aromatic heterocycles. The Bertz CT molecular complexity index is 450. The summed E-state index contributed by atoms with van der Waals surface area (Å²) in [6.45, 7) is 6.64. The highest BCUT2D eigenvalue weighted by Gasteiger charge is 2.41. The van der Waals surface area contributed by atoms with Gasteiger partial charge in [-0.05, 0) is 54.7 Å². The number of nitrogens with two attached hydrogens (primary N) is 1. The molecule has 1 aliphatic carbocycles. The van der Waals surface area contributed by atoms with Crippen LogP contribution in [0.5, 0.6) is 0 Å². The van der Waals surface area contributed by atoms with Gasteiger partial charge in [0.25, 0.3) is 0 Å². The number of hydrogen-bond acceptors (Lipinski definition) is 2. The number of halogens is 1. The third-order valence-electron chi connectivity index (χ3n) is 4.72. The Kier molecular flexibility index (Phi) is 5.11. The topological polar surface area (TPSA) is 38.0 Å². The molecule has 0 heterocycles. The van der Waals surface area contributed by atoms with Crippen molar-refractivity contribution in [2.24, 2.45) is 17.2 Å². The van der Waals surface area contributed by atoms with Crippen molar-refractivity contribution in [3.05, 3.63) is 34.3 Å². The summed E-state index contributed by atoms with van der Waals surface area (Å²) >= 11 is 6.30. The van der Waals surface area contributed by atoms with E-state index in [-0.39, 0.29) is 11.5 Å². The number of rotatable bonds is 5. The van der Waals surface area contributed by atoms with E-state index in [0.29, 0.717) is 5.92 Å². The second kappa shape index (κ2) is 6.46. The van der Waals surface area contributed by atoms with Crippen LogP contribution in [-0.2, 0) is 0 Å². The van der Waals surface area contributed by atoms with E-state index in [1.807, 2.05) is 6.92 Å². The van der Waals surface area contributed by atoms with Gasteiger partial charge in [0.05, 0.1) is 6.04 Å². The Labute approximate surface area is 128 Å². The van der Waals surface area contributed by atoms with Crippen molar-refractivity contribution < 1.29 is 0 Å². The molecular weight excluding hydrogens is 268 g/mol. The maximum atomic E-state index is 6.30. The third-order valence-corrected chi connectivity index (χ3v) is 5.13. The summed E-state index contributed by atoms with van der Waals surface area (Å²) in [5.41, 5.74) is 5.72. The van der Waals surface area contributed by atoms with Gasteiger partial charge < -0.3 is 0 Å². The number of benzene rings is 1. The molecule has 3 heteroatoms. The molecule has 2 nitrogen and oxygen atoms in total. The summed E-state index contributed by atoms with van der Waals surface area (Å²) in [7, 11) is 0. The van der Waals surface area contributed by atoms with Gasteiger partial charge in [0.2, 0.25) is 0 Å². The predicted octanol–water partition coefficient (Wildman–Crippen LogP) is 4.76. The van der Waals surface area contributed by atoms with Crippen LogP contribution in [0.4, 0.5) is 0 Å². The SMILES string of the molecule is Cc1ccc(C(NN)C2(CC(C)C)CCCC2)cc1Cl. The molecule has 0 bridgehead atoms. The Morgan fingerprint density at radius 3 is 2.45 bits per heavy atom. The number of aryl methyl sites for hydroxylation is 1. The second-order valence-electron chi connectivity index (χ2n) is 6.78. The molecule has 1 saturated carbocycles. The molecule has 1 aromatic rings. The molecular formula is C17H27ClN2. The first-order chi connectivity index (χ1) is 9.48. The zero-order valence-corrected chi connectivity index (χ0v) is 13.6. The van der Waals surface area contributed by atoms with E-state index in [0.717, 1.165) is 10.6 Å². The van der Waals surface area contributed by atoms with Gasteiger partial charge >= 0.3 is 0 Å². The highest BCUT2D eigenvalue weighted by molar-refractivity contribution is 6.31. The Hall–Kier alpha value is -0.570. The largest absolute Gasteiger partial charge is 0.271 e. The fourth-order valence-electron chi connectivity index (χ4n) is 3.92. The molecule has 1 fully saturated rings. The highest BCUT2D eigenvalue weighted by Crippen LogP contribution is 2.51. The van der Waals surface area contributed by atoms with Gasteiger partial charge in [0.15, 0.2) is 0 Å². The lowest BCUT2D eigenvalue weighted by atomic mass is 9.70. The Balaban J connectivity index is 2.35. The number of hydrogen-bond donors (Lipinski definition) is 2. The van der Waals surface area contributed by atoms with Crippen molar-refractivity contribution in [3.8, 4) is 0 Å². The average molecular weight is 295 g/mol. The average Bonchev–Trinajstić information content (AvgIpc) is 2.83. The van der Waals surface area contributed by atoms with Crippen LogP contribution in [0.2, 0.25) is 5.02 Å². The van der Waals surface area contributed by atoms with Crippen molar-refractivity contribution in [1.29, 1.82) is 0 Å². The van der Waals surface area contributed by atoms with Crippen molar-refractivity contribution in [3.63, 3.8) is 0 Å². The van der Waals surface area contributed by atoms with Gasteiger partial charge in [0, 0.05) is 5.02 Å². The van der Waals surface area contributed by atoms with E-state index in [1.54, 1.807) is 0 Å². The molecule has 1 atom stereocenters. The van der Waals surface area contributed by atoms with E-state index in [4.69, 9.17) is 17.4 Å². The molecule has 0 spiro atoms. The van der Waals surface area contributed by atoms with Crippen LogP contribution in [-0.4, -0.2) is 0 Å². The molecule has 0 amide bonds. The molecule has 1 unspecified atom stereocenters. The molecule has 0 radical (unpaired) electrons. The smallest absolute Gasteiger partial charge is 0.0516 e. The summed E-state index contributed by atoms with van der Waals surface area (Å²) in [5.74, 6) is 6.63. The Morgan fingerprint density at radius 2 is 1.95 bits per heavy atom. The van der Waals surface area contributed by atoms with Crippen molar-refractivity contribution >= 4 is 11.6 Å². The van der Waals surface area contributed by atoms with Crippen molar-refractivity contribution in [1.82, 2.24) is 5.43 Å². The minimum Gasteiger partial charge on any atom is -0.271 e. The van der Waals surface area contributed by atoms with Gasteiger partial charge in [-0.2, -0.15) is 0 Å². The number of nitrogens with one attached hydrogen (secondary N) is 1. The van der Waals surface area contributed by atoms with Crippen molar-refractivity contribution in [2.75, 3.05) is 0 Å². The minimum absolute atomic E-state index is 0.200. The zero-order valence-electron chi connectivity index (χ0n) is 12.9. The molecule has 1 aromatic carbocycles. The van der Waals surface area contributed by atoms with Gasteiger partial charge in [-0.15, -0.1) is 0 Å².